The normalized spacial score (nSPS) is 28.5. The number of nitrogens with zero attached hydrogens (tertiary/aromatic N) is 1. The molecule has 1 aliphatic rings. The molecule has 0 N–H and O–H groups in total. The highest BCUT2D eigenvalue weighted by atomic mass is 16.1. The largest absolute Gasteiger partial charge is 0.301 e. The Hall–Kier alpha value is -0.370. The van der Waals surface area contributed by atoms with E-state index in [0.717, 1.165) is 19.4 Å². The molecular weight excluding hydrogens is 186 g/mol. The van der Waals surface area contributed by atoms with Crippen molar-refractivity contribution in [3.05, 3.63) is 0 Å². The molecule has 1 rings (SSSR count). The lowest BCUT2D eigenvalue weighted by molar-refractivity contribution is -0.129. The summed E-state index contributed by atoms with van der Waals surface area (Å²) in [5.41, 5.74) is 0.168. The van der Waals surface area contributed by atoms with E-state index in [1.165, 1.54) is 6.42 Å². The second-order valence-electron chi connectivity index (χ2n) is 5.98. The van der Waals surface area contributed by atoms with Crippen molar-refractivity contribution in [3.63, 3.8) is 0 Å². The van der Waals surface area contributed by atoms with Gasteiger partial charge in [-0.15, -0.1) is 0 Å². The van der Waals surface area contributed by atoms with Crippen LogP contribution in [0, 0.1) is 11.8 Å². The molecule has 2 atom stereocenters. The first-order valence-electron chi connectivity index (χ1n) is 6.07. The first-order valence-corrected chi connectivity index (χ1v) is 6.07. The van der Waals surface area contributed by atoms with Crippen molar-refractivity contribution in [2.45, 2.75) is 52.5 Å². The van der Waals surface area contributed by atoms with Gasteiger partial charge < -0.3 is 4.90 Å². The van der Waals surface area contributed by atoms with E-state index in [-0.39, 0.29) is 17.4 Å². The van der Waals surface area contributed by atoms with E-state index in [1.54, 1.807) is 0 Å². The van der Waals surface area contributed by atoms with Crippen LogP contribution in [0.5, 0.6) is 0 Å². The summed E-state index contributed by atoms with van der Waals surface area (Å²) in [5, 5.41) is 0. The molecule has 0 amide bonds. The van der Waals surface area contributed by atoms with Gasteiger partial charge in [0.05, 0.1) is 0 Å². The van der Waals surface area contributed by atoms with Gasteiger partial charge in [-0.3, -0.25) is 4.79 Å². The standard InChI is InChI=1S/C13H25NO/c1-10-7-6-8-11(12(10)15)9-14(5)13(2,3)4/h10-11H,6-9H2,1-5H3. The first-order chi connectivity index (χ1) is 6.82. The van der Waals surface area contributed by atoms with E-state index >= 15 is 0 Å². The second-order valence-corrected chi connectivity index (χ2v) is 5.98. The topological polar surface area (TPSA) is 20.3 Å². The number of rotatable bonds is 2. The van der Waals surface area contributed by atoms with Crippen LogP contribution in [-0.4, -0.2) is 29.8 Å². The maximum Gasteiger partial charge on any atom is 0.140 e. The maximum atomic E-state index is 12.0. The van der Waals surface area contributed by atoms with Gasteiger partial charge in [-0.05, 0) is 40.7 Å². The highest BCUT2D eigenvalue weighted by molar-refractivity contribution is 5.84. The predicted octanol–water partition coefficient (Wildman–Crippen LogP) is 2.72. The molecule has 1 saturated carbocycles. The summed E-state index contributed by atoms with van der Waals surface area (Å²) in [7, 11) is 2.12. The van der Waals surface area contributed by atoms with Gasteiger partial charge in [-0.25, -0.2) is 0 Å². The third kappa shape index (κ3) is 3.30. The van der Waals surface area contributed by atoms with Crippen LogP contribution in [0.4, 0.5) is 0 Å². The van der Waals surface area contributed by atoms with E-state index in [1.807, 2.05) is 0 Å². The van der Waals surface area contributed by atoms with Crippen LogP contribution in [-0.2, 0) is 4.79 Å². The first kappa shape index (κ1) is 12.7. The minimum Gasteiger partial charge on any atom is -0.301 e. The monoisotopic (exact) mass is 211 g/mol. The summed E-state index contributed by atoms with van der Waals surface area (Å²) < 4.78 is 0. The molecule has 1 fully saturated rings. The summed E-state index contributed by atoms with van der Waals surface area (Å²) in [5.74, 6) is 1.05. The molecular formula is C13H25NO. The fourth-order valence-electron chi connectivity index (χ4n) is 2.14. The summed E-state index contributed by atoms with van der Waals surface area (Å²) in [6.45, 7) is 9.59. The molecule has 1 aliphatic carbocycles. The molecule has 0 aromatic heterocycles. The number of hydrogen-bond donors (Lipinski definition) is 0. The molecule has 88 valence electrons. The molecule has 0 aromatic carbocycles. The Kier molecular flexibility index (Phi) is 3.93. The molecule has 0 radical (unpaired) electrons. The van der Waals surface area contributed by atoms with E-state index in [0.29, 0.717) is 5.78 Å². The smallest absolute Gasteiger partial charge is 0.140 e. The van der Waals surface area contributed by atoms with Crippen LogP contribution in [0.1, 0.15) is 47.0 Å². The summed E-state index contributed by atoms with van der Waals surface area (Å²) >= 11 is 0. The molecule has 15 heavy (non-hydrogen) atoms. The van der Waals surface area contributed by atoms with Gasteiger partial charge in [0.2, 0.25) is 0 Å². The van der Waals surface area contributed by atoms with Crippen LogP contribution in [0.3, 0.4) is 0 Å². The minimum atomic E-state index is 0.168. The Morgan fingerprint density at radius 2 is 1.93 bits per heavy atom. The fourth-order valence-corrected chi connectivity index (χ4v) is 2.14. The second kappa shape index (κ2) is 4.65. The van der Waals surface area contributed by atoms with Crippen LogP contribution in [0.15, 0.2) is 0 Å². The van der Waals surface area contributed by atoms with E-state index in [9.17, 15) is 4.79 Å². The maximum absolute atomic E-state index is 12.0. The third-order valence-electron chi connectivity index (χ3n) is 3.72. The lowest BCUT2D eigenvalue weighted by Crippen LogP contribution is -2.44. The molecule has 0 heterocycles. The zero-order chi connectivity index (χ0) is 11.6. The molecule has 0 aromatic rings. The van der Waals surface area contributed by atoms with Gasteiger partial charge in [-0.2, -0.15) is 0 Å². The SMILES string of the molecule is CC1CCCC(CN(C)C(C)(C)C)C1=O. The molecule has 0 spiro atoms. The Morgan fingerprint density at radius 1 is 1.33 bits per heavy atom. The van der Waals surface area contributed by atoms with Crippen LogP contribution < -0.4 is 0 Å². The number of ketones is 1. The Balaban J connectivity index is 2.54. The lowest BCUT2D eigenvalue weighted by atomic mass is 9.80. The van der Waals surface area contributed by atoms with Gasteiger partial charge >= 0.3 is 0 Å². The zero-order valence-electron chi connectivity index (χ0n) is 10.8. The van der Waals surface area contributed by atoms with Crippen molar-refractivity contribution in [1.29, 1.82) is 0 Å². The lowest BCUT2D eigenvalue weighted by Gasteiger charge is -2.36. The fraction of sp³-hybridized carbons (Fsp3) is 0.923. The Morgan fingerprint density at radius 3 is 2.47 bits per heavy atom. The van der Waals surface area contributed by atoms with Crippen molar-refractivity contribution >= 4 is 5.78 Å². The quantitative estimate of drug-likeness (QED) is 0.700. The minimum absolute atomic E-state index is 0.168. The molecule has 2 nitrogen and oxygen atoms in total. The summed E-state index contributed by atoms with van der Waals surface area (Å²) in [6, 6.07) is 0. The molecule has 2 heteroatoms. The van der Waals surface area contributed by atoms with Crippen molar-refractivity contribution in [2.75, 3.05) is 13.6 Å². The highest BCUT2D eigenvalue weighted by Crippen LogP contribution is 2.27. The van der Waals surface area contributed by atoms with Gasteiger partial charge in [0.25, 0.3) is 0 Å². The van der Waals surface area contributed by atoms with Crippen molar-refractivity contribution in [1.82, 2.24) is 4.90 Å². The Labute approximate surface area is 94.0 Å². The van der Waals surface area contributed by atoms with Gasteiger partial charge in [0.15, 0.2) is 0 Å². The molecule has 0 aliphatic heterocycles. The van der Waals surface area contributed by atoms with Crippen LogP contribution in [0.2, 0.25) is 0 Å². The van der Waals surface area contributed by atoms with E-state index in [4.69, 9.17) is 0 Å². The average Bonchev–Trinajstić information content (AvgIpc) is 2.11. The van der Waals surface area contributed by atoms with E-state index in [2.05, 4.69) is 39.6 Å². The van der Waals surface area contributed by atoms with Crippen LogP contribution >= 0.6 is 0 Å². The molecule has 0 saturated heterocycles. The number of Topliss-reactive ketones (excluding diaryl/α,β-unsaturated/α-hetero) is 1. The third-order valence-corrected chi connectivity index (χ3v) is 3.72. The number of carbonyl (C=O) groups excluding carboxylic acids is 1. The number of carbonyl (C=O) groups is 1. The van der Waals surface area contributed by atoms with Crippen molar-refractivity contribution in [2.24, 2.45) is 11.8 Å². The van der Waals surface area contributed by atoms with Crippen molar-refractivity contribution < 1.29 is 4.79 Å². The molecule has 2 unspecified atom stereocenters. The van der Waals surface area contributed by atoms with E-state index < -0.39 is 0 Å². The predicted molar refractivity (Wildman–Crippen MR) is 63.9 cm³/mol. The van der Waals surface area contributed by atoms with Gasteiger partial charge in [0.1, 0.15) is 5.78 Å². The summed E-state index contributed by atoms with van der Waals surface area (Å²) in [4.78, 5) is 14.3. The van der Waals surface area contributed by atoms with Crippen molar-refractivity contribution in [3.8, 4) is 0 Å². The molecule has 0 bridgehead atoms. The highest BCUT2D eigenvalue weighted by Gasteiger charge is 2.30. The summed E-state index contributed by atoms with van der Waals surface area (Å²) in [6.07, 6.45) is 3.40. The van der Waals surface area contributed by atoms with Crippen LogP contribution in [0.25, 0.3) is 0 Å². The van der Waals surface area contributed by atoms with Gasteiger partial charge in [-0.1, -0.05) is 13.3 Å². The Bertz CT molecular complexity index is 229. The van der Waals surface area contributed by atoms with Gasteiger partial charge in [0, 0.05) is 23.9 Å². The zero-order valence-corrected chi connectivity index (χ0v) is 10.8. The average molecular weight is 211 g/mol. The number of hydrogen-bond acceptors (Lipinski definition) is 2.